The minimum absolute atomic E-state index is 0.736. The average molecular weight is 463 g/mol. The molecule has 0 amide bonds. The Morgan fingerprint density at radius 2 is 1.77 bits per heavy atom. The molecule has 0 radical (unpaired) electrons. The van der Waals surface area contributed by atoms with Crippen LogP contribution in [0.1, 0.15) is 44.7 Å². The van der Waals surface area contributed by atoms with Crippen LogP contribution in [0.2, 0.25) is 0 Å². The first-order chi connectivity index (χ1) is 15.0. The molecule has 4 nitrogen and oxygen atoms in total. The van der Waals surface area contributed by atoms with Crippen LogP contribution in [0, 0.1) is 6.92 Å². The highest BCUT2D eigenvalue weighted by molar-refractivity contribution is 8.03. The molecule has 1 aromatic rings. The van der Waals surface area contributed by atoms with E-state index in [0.29, 0.717) is 0 Å². The van der Waals surface area contributed by atoms with E-state index in [1.165, 1.54) is 31.5 Å². The number of hydrogen-bond acceptors (Lipinski definition) is 6. The zero-order valence-corrected chi connectivity index (χ0v) is 21.7. The fourth-order valence-corrected chi connectivity index (χ4v) is 3.10. The molecule has 0 atom stereocenters. The SMILES string of the molecule is C=N/C=C\C(=C)/C(SCC)=C(/N=C)c1cccc(C)c1.CCCNCCC.CSCN. The fraction of sp³-hybridized carbons (Fsp3) is 0.440. The van der Waals surface area contributed by atoms with Gasteiger partial charge in [-0.2, -0.15) is 11.8 Å². The molecule has 1 rings (SSSR count). The third-order valence-electron chi connectivity index (χ3n) is 3.65. The molecule has 0 saturated heterocycles. The van der Waals surface area contributed by atoms with Crippen LogP contribution in [0.3, 0.4) is 0 Å². The van der Waals surface area contributed by atoms with Gasteiger partial charge in [0.1, 0.15) is 0 Å². The molecule has 174 valence electrons. The lowest BCUT2D eigenvalue weighted by Gasteiger charge is -2.12. The smallest absolute Gasteiger partial charge is 0.0836 e. The third kappa shape index (κ3) is 16.7. The van der Waals surface area contributed by atoms with Gasteiger partial charge < -0.3 is 11.1 Å². The van der Waals surface area contributed by atoms with Gasteiger partial charge in [0, 0.05) is 22.5 Å². The molecule has 0 fully saturated rings. The normalized spacial score (nSPS) is 10.9. The summed E-state index contributed by atoms with van der Waals surface area (Å²) in [7, 11) is 0. The molecule has 3 N–H and O–H groups in total. The van der Waals surface area contributed by atoms with Crippen molar-refractivity contribution < 1.29 is 0 Å². The van der Waals surface area contributed by atoms with Gasteiger partial charge in [0.15, 0.2) is 0 Å². The first kappa shape index (κ1) is 31.6. The molecule has 0 aliphatic heterocycles. The number of aliphatic imine (C=N–C) groups is 2. The topological polar surface area (TPSA) is 62.8 Å². The van der Waals surface area contributed by atoms with Crippen LogP contribution < -0.4 is 11.1 Å². The van der Waals surface area contributed by atoms with E-state index in [-0.39, 0.29) is 0 Å². The second-order valence-corrected chi connectivity index (χ2v) is 8.55. The number of benzene rings is 1. The minimum Gasteiger partial charge on any atom is -0.322 e. The number of allylic oxidation sites excluding steroid dienone is 2. The van der Waals surface area contributed by atoms with E-state index in [2.05, 4.69) is 75.1 Å². The number of hydrogen-bond donors (Lipinski definition) is 2. The number of rotatable bonds is 12. The highest BCUT2D eigenvalue weighted by Crippen LogP contribution is 2.33. The Morgan fingerprint density at radius 3 is 2.19 bits per heavy atom. The molecular weight excluding hydrogens is 420 g/mol. The van der Waals surface area contributed by atoms with E-state index in [1.54, 1.807) is 29.7 Å². The van der Waals surface area contributed by atoms with Gasteiger partial charge in [-0.15, -0.1) is 11.8 Å². The Kier molecular flexibility index (Phi) is 23.5. The predicted molar refractivity (Wildman–Crippen MR) is 150 cm³/mol. The second-order valence-electron chi connectivity index (χ2n) is 6.37. The highest BCUT2D eigenvalue weighted by Gasteiger charge is 2.10. The lowest BCUT2D eigenvalue weighted by molar-refractivity contribution is 0.662. The molecule has 6 heteroatoms. The van der Waals surface area contributed by atoms with Crippen LogP contribution in [0.25, 0.3) is 5.70 Å². The first-order valence-corrected chi connectivity index (χ1v) is 13.0. The van der Waals surface area contributed by atoms with Gasteiger partial charge in [-0.1, -0.05) is 51.1 Å². The maximum Gasteiger partial charge on any atom is 0.0836 e. The van der Waals surface area contributed by atoms with E-state index in [1.807, 2.05) is 24.5 Å². The zero-order valence-electron chi connectivity index (χ0n) is 20.1. The van der Waals surface area contributed by atoms with Gasteiger partial charge in [0.25, 0.3) is 0 Å². The van der Waals surface area contributed by atoms with Crippen LogP contribution in [-0.4, -0.2) is 44.4 Å². The summed E-state index contributed by atoms with van der Waals surface area (Å²) < 4.78 is 0. The van der Waals surface area contributed by atoms with Crippen molar-refractivity contribution in [1.29, 1.82) is 0 Å². The Labute approximate surface area is 199 Å². The standard InChI is InChI=1S/C17H20N2S.C6H15N.C2H7NS/c1-6-20-17(14(3)10-11-18-4)16(19-5)15-9-7-8-13(2)12-15;1-3-5-7-6-4-2;1-4-2-3/h7-12H,3-6H2,1-2H3;7H,3-6H2,1-2H3;2-3H2,1H3/b11-10-,17-16-;;. The summed E-state index contributed by atoms with van der Waals surface area (Å²) in [6.07, 6.45) is 7.95. The van der Waals surface area contributed by atoms with E-state index < -0.39 is 0 Å². The third-order valence-corrected chi connectivity index (χ3v) is 5.01. The maximum atomic E-state index is 4.99. The van der Waals surface area contributed by atoms with Crippen molar-refractivity contribution in [2.75, 3.05) is 31.0 Å². The molecule has 0 unspecified atom stereocenters. The van der Waals surface area contributed by atoms with E-state index in [9.17, 15) is 0 Å². The Hall–Kier alpha value is -1.60. The lowest BCUT2D eigenvalue weighted by Crippen LogP contribution is -2.14. The molecule has 0 bridgehead atoms. The first-order valence-electron chi connectivity index (χ1n) is 10.6. The van der Waals surface area contributed by atoms with Crippen molar-refractivity contribution in [2.24, 2.45) is 15.7 Å². The van der Waals surface area contributed by atoms with Gasteiger partial charge in [-0.3, -0.25) is 9.98 Å². The maximum absolute atomic E-state index is 4.99. The van der Waals surface area contributed by atoms with Gasteiger partial charge in [-0.05, 0) is 76.0 Å². The highest BCUT2D eigenvalue weighted by atomic mass is 32.2. The zero-order chi connectivity index (χ0) is 23.9. The summed E-state index contributed by atoms with van der Waals surface area (Å²) >= 11 is 3.34. The molecule has 31 heavy (non-hydrogen) atoms. The van der Waals surface area contributed by atoms with Crippen molar-refractivity contribution in [2.45, 2.75) is 40.5 Å². The van der Waals surface area contributed by atoms with E-state index >= 15 is 0 Å². The predicted octanol–water partition coefficient (Wildman–Crippen LogP) is 6.55. The summed E-state index contributed by atoms with van der Waals surface area (Å²) in [5.41, 5.74) is 8.97. The number of aryl methyl sites for hydroxylation is 1. The number of nitrogens with zero attached hydrogens (tertiary/aromatic N) is 2. The minimum atomic E-state index is 0.736. The molecule has 0 saturated carbocycles. The summed E-state index contributed by atoms with van der Waals surface area (Å²) in [5.74, 6) is 1.68. The monoisotopic (exact) mass is 462 g/mol. The molecule has 1 aromatic carbocycles. The van der Waals surface area contributed by atoms with Crippen LogP contribution >= 0.6 is 23.5 Å². The van der Waals surface area contributed by atoms with Crippen molar-refractivity contribution in [3.8, 4) is 0 Å². The molecule has 0 aliphatic rings. The molecule has 0 aromatic heterocycles. The largest absolute Gasteiger partial charge is 0.322 e. The molecule has 0 heterocycles. The Morgan fingerprint density at radius 1 is 1.16 bits per heavy atom. The van der Waals surface area contributed by atoms with Crippen molar-refractivity contribution >= 4 is 42.7 Å². The van der Waals surface area contributed by atoms with Crippen molar-refractivity contribution in [1.82, 2.24) is 5.32 Å². The number of thioether (sulfide) groups is 2. The van der Waals surface area contributed by atoms with Crippen molar-refractivity contribution in [3.63, 3.8) is 0 Å². The van der Waals surface area contributed by atoms with E-state index in [0.717, 1.165) is 33.4 Å². The number of nitrogens with one attached hydrogen (secondary N) is 1. The fourth-order valence-electron chi connectivity index (χ4n) is 2.24. The quantitative estimate of drug-likeness (QED) is 0.160. The molecule has 0 aliphatic carbocycles. The van der Waals surface area contributed by atoms with E-state index in [4.69, 9.17) is 5.73 Å². The van der Waals surface area contributed by atoms with Gasteiger partial charge in [0.2, 0.25) is 0 Å². The van der Waals surface area contributed by atoms with Crippen LogP contribution in [0.4, 0.5) is 0 Å². The summed E-state index contributed by atoms with van der Waals surface area (Å²) in [4.78, 5) is 8.96. The van der Waals surface area contributed by atoms with Crippen LogP contribution in [0.15, 0.2) is 63.6 Å². The van der Waals surface area contributed by atoms with Crippen LogP contribution in [0.5, 0.6) is 0 Å². The van der Waals surface area contributed by atoms with Crippen molar-refractivity contribution in [3.05, 3.63) is 64.7 Å². The van der Waals surface area contributed by atoms with Gasteiger partial charge in [-0.25, -0.2) is 0 Å². The number of nitrogens with two attached hydrogens (primary N) is 1. The lowest BCUT2D eigenvalue weighted by atomic mass is 10.1. The molecular formula is C25H42N4S2. The Bertz CT molecular complexity index is 676. The second kappa shape index (κ2) is 23.1. The molecule has 0 spiro atoms. The summed E-state index contributed by atoms with van der Waals surface area (Å²) in [6, 6.07) is 8.22. The van der Waals surface area contributed by atoms with Gasteiger partial charge >= 0.3 is 0 Å². The van der Waals surface area contributed by atoms with Gasteiger partial charge in [0.05, 0.1) is 5.70 Å². The van der Waals surface area contributed by atoms with Crippen LogP contribution in [-0.2, 0) is 0 Å². The average Bonchev–Trinajstić information content (AvgIpc) is 2.78. The summed E-state index contributed by atoms with van der Waals surface area (Å²) in [6.45, 7) is 22.1. The Balaban J connectivity index is 0. The summed E-state index contributed by atoms with van der Waals surface area (Å²) in [5, 5.41) is 3.28.